The molecule has 1 aromatic carbocycles. The Morgan fingerprint density at radius 2 is 1.90 bits per heavy atom. The van der Waals surface area contributed by atoms with Crippen molar-refractivity contribution in [2.24, 2.45) is 5.92 Å². The molecule has 0 aliphatic carbocycles. The zero-order valence-electron chi connectivity index (χ0n) is 13.3. The molecule has 0 saturated carbocycles. The highest BCUT2D eigenvalue weighted by Crippen LogP contribution is 2.29. The van der Waals surface area contributed by atoms with E-state index < -0.39 is 0 Å². The summed E-state index contributed by atoms with van der Waals surface area (Å²) in [5.41, 5.74) is 2.33. The summed E-state index contributed by atoms with van der Waals surface area (Å²) >= 11 is 12.6. The first-order valence-electron chi connectivity index (χ1n) is 7.86. The second kappa shape index (κ2) is 7.82. The number of nitrogens with one attached hydrogen (secondary N) is 1. The minimum absolute atomic E-state index is 0.643. The van der Waals surface area contributed by atoms with Crippen LogP contribution in [0, 0.1) is 12.8 Å². The quantitative estimate of drug-likeness (QED) is 0.855. The third kappa shape index (κ3) is 4.85. The van der Waals surface area contributed by atoms with Crippen LogP contribution < -0.4 is 5.32 Å². The fourth-order valence-electron chi connectivity index (χ4n) is 3.11. The van der Waals surface area contributed by atoms with Gasteiger partial charge in [0.2, 0.25) is 0 Å². The molecule has 2 nitrogen and oxygen atoms in total. The maximum absolute atomic E-state index is 6.41. The number of rotatable bonds is 5. The van der Waals surface area contributed by atoms with E-state index in [1.165, 1.54) is 18.4 Å². The van der Waals surface area contributed by atoms with Crippen molar-refractivity contribution >= 4 is 23.2 Å². The smallest absolute Gasteiger partial charge is 0.0637 e. The minimum Gasteiger partial charge on any atom is -0.317 e. The Labute approximate surface area is 138 Å². The van der Waals surface area contributed by atoms with Crippen molar-refractivity contribution in [1.29, 1.82) is 0 Å². The average molecular weight is 329 g/mol. The maximum atomic E-state index is 6.41. The Morgan fingerprint density at radius 3 is 2.52 bits per heavy atom. The summed E-state index contributed by atoms with van der Waals surface area (Å²) in [6.45, 7) is 10.8. The van der Waals surface area contributed by atoms with Gasteiger partial charge in [0.1, 0.15) is 0 Å². The highest BCUT2D eigenvalue weighted by molar-refractivity contribution is 6.42. The standard InChI is InChI=1S/C17H26Cl2N2/c1-12(2)10-21(15-4-6-20-7-5-15)11-14-8-13(3)9-16(18)17(14)19/h8-9,12,15,20H,4-7,10-11H2,1-3H3. The number of benzene rings is 1. The van der Waals surface area contributed by atoms with E-state index in [1.54, 1.807) is 0 Å². The summed E-state index contributed by atoms with van der Waals surface area (Å²) in [6.07, 6.45) is 2.42. The lowest BCUT2D eigenvalue weighted by Crippen LogP contribution is -2.44. The van der Waals surface area contributed by atoms with Gasteiger partial charge in [0.05, 0.1) is 10.0 Å². The van der Waals surface area contributed by atoms with Crippen LogP contribution in [0.15, 0.2) is 12.1 Å². The maximum Gasteiger partial charge on any atom is 0.0637 e. The summed E-state index contributed by atoms with van der Waals surface area (Å²) in [6, 6.07) is 4.75. The number of hydrogen-bond acceptors (Lipinski definition) is 2. The number of aryl methyl sites for hydroxylation is 1. The van der Waals surface area contributed by atoms with Crippen LogP contribution in [-0.2, 0) is 6.54 Å². The molecule has 21 heavy (non-hydrogen) atoms. The van der Waals surface area contributed by atoms with Gasteiger partial charge in [-0.05, 0) is 56.0 Å². The van der Waals surface area contributed by atoms with Gasteiger partial charge >= 0.3 is 0 Å². The molecule has 1 fully saturated rings. The first-order valence-corrected chi connectivity index (χ1v) is 8.62. The van der Waals surface area contributed by atoms with Crippen molar-refractivity contribution in [2.45, 2.75) is 46.2 Å². The highest BCUT2D eigenvalue weighted by atomic mass is 35.5. The van der Waals surface area contributed by atoms with Gasteiger partial charge in [-0.2, -0.15) is 0 Å². The van der Waals surface area contributed by atoms with E-state index >= 15 is 0 Å². The topological polar surface area (TPSA) is 15.3 Å². The molecular weight excluding hydrogens is 303 g/mol. The van der Waals surface area contributed by atoms with Crippen molar-refractivity contribution in [3.63, 3.8) is 0 Å². The molecule has 2 rings (SSSR count). The lowest BCUT2D eigenvalue weighted by molar-refractivity contribution is 0.137. The zero-order chi connectivity index (χ0) is 15.4. The number of piperidine rings is 1. The summed E-state index contributed by atoms with van der Waals surface area (Å²) in [4.78, 5) is 2.59. The van der Waals surface area contributed by atoms with Crippen molar-refractivity contribution in [3.05, 3.63) is 33.3 Å². The summed E-state index contributed by atoms with van der Waals surface area (Å²) < 4.78 is 0. The van der Waals surface area contributed by atoms with Gasteiger partial charge in [0, 0.05) is 19.1 Å². The van der Waals surface area contributed by atoms with Crippen molar-refractivity contribution in [2.75, 3.05) is 19.6 Å². The summed E-state index contributed by atoms with van der Waals surface area (Å²) in [5, 5.41) is 4.82. The van der Waals surface area contributed by atoms with E-state index in [4.69, 9.17) is 23.2 Å². The van der Waals surface area contributed by atoms with Crippen LogP contribution in [-0.4, -0.2) is 30.6 Å². The first-order chi connectivity index (χ1) is 9.97. The molecule has 1 heterocycles. The molecule has 0 unspecified atom stereocenters. The predicted octanol–water partition coefficient (Wildman–Crippen LogP) is 4.51. The van der Waals surface area contributed by atoms with Crippen molar-refractivity contribution in [3.8, 4) is 0 Å². The summed E-state index contributed by atoms with van der Waals surface area (Å²) in [7, 11) is 0. The zero-order valence-corrected chi connectivity index (χ0v) is 14.8. The molecule has 1 N–H and O–H groups in total. The second-order valence-corrected chi connectivity index (χ2v) is 7.31. The normalized spacial score (nSPS) is 16.9. The summed E-state index contributed by atoms with van der Waals surface area (Å²) in [5.74, 6) is 0.652. The third-order valence-electron chi connectivity index (χ3n) is 4.05. The first kappa shape index (κ1) is 17.1. The van der Waals surface area contributed by atoms with Gasteiger partial charge in [-0.3, -0.25) is 4.90 Å². The van der Waals surface area contributed by atoms with Gasteiger partial charge in [0.15, 0.2) is 0 Å². The Balaban J connectivity index is 2.17. The molecule has 1 aromatic rings. The van der Waals surface area contributed by atoms with Crippen molar-refractivity contribution < 1.29 is 0 Å². The molecule has 1 aliphatic heterocycles. The van der Waals surface area contributed by atoms with E-state index in [2.05, 4.69) is 37.1 Å². The molecule has 4 heteroatoms. The molecule has 0 aromatic heterocycles. The predicted molar refractivity (Wildman–Crippen MR) is 92.3 cm³/mol. The van der Waals surface area contributed by atoms with E-state index in [0.717, 1.165) is 31.7 Å². The fourth-order valence-corrected chi connectivity index (χ4v) is 3.58. The van der Waals surface area contributed by atoms with Crippen molar-refractivity contribution in [1.82, 2.24) is 10.2 Å². The Bertz CT molecular complexity index is 468. The molecule has 0 bridgehead atoms. The van der Waals surface area contributed by atoms with E-state index in [9.17, 15) is 0 Å². The molecule has 0 amide bonds. The van der Waals surface area contributed by atoms with Crippen LogP contribution in [0.5, 0.6) is 0 Å². The Kier molecular flexibility index (Phi) is 6.36. The molecule has 1 aliphatic rings. The van der Waals surface area contributed by atoms with Crippen LogP contribution in [0.3, 0.4) is 0 Å². The molecule has 0 radical (unpaired) electrons. The van der Waals surface area contributed by atoms with Crippen LogP contribution >= 0.6 is 23.2 Å². The van der Waals surface area contributed by atoms with E-state index in [0.29, 0.717) is 22.0 Å². The lowest BCUT2D eigenvalue weighted by atomic mass is 10.0. The van der Waals surface area contributed by atoms with Gasteiger partial charge in [0.25, 0.3) is 0 Å². The monoisotopic (exact) mass is 328 g/mol. The highest BCUT2D eigenvalue weighted by Gasteiger charge is 2.22. The molecular formula is C17H26Cl2N2. The van der Waals surface area contributed by atoms with Gasteiger partial charge in [-0.1, -0.05) is 43.1 Å². The number of nitrogens with zero attached hydrogens (tertiary/aromatic N) is 1. The Morgan fingerprint density at radius 1 is 1.24 bits per heavy atom. The third-order valence-corrected chi connectivity index (χ3v) is 4.89. The average Bonchev–Trinajstić information content (AvgIpc) is 2.44. The second-order valence-electron chi connectivity index (χ2n) is 6.52. The molecule has 118 valence electrons. The SMILES string of the molecule is Cc1cc(Cl)c(Cl)c(CN(CC(C)C)C2CCNCC2)c1. The number of hydrogen-bond donors (Lipinski definition) is 1. The minimum atomic E-state index is 0.643. The van der Waals surface area contributed by atoms with Crippen LogP contribution in [0.25, 0.3) is 0 Å². The molecule has 0 spiro atoms. The largest absolute Gasteiger partial charge is 0.317 e. The van der Waals surface area contributed by atoms with Crippen LogP contribution in [0.4, 0.5) is 0 Å². The van der Waals surface area contributed by atoms with Crippen LogP contribution in [0.2, 0.25) is 10.0 Å². The van der Waals surface area contributed by atoms with E-state index in [-0.39, 0.29) is 0 Å². The van der Waals surface area contributed by atoms with Gasteiger partial charge < -0.3 is 5.32 Å². The lowest BCUT2D eigenvalue weighted by Gasteiger charge is -2.36. The molecule has 1 saturated heterocycles. The fraction of sp³-hybridized carbons (Fsp3) is 0.647. The van der Waals surface area contributed by atoms with Gasteiger partial charge in [-0.15, -0.1) is 0 Å². The Hall–Kier alpha value is -0.280. The molecule has 0 atom stereocenters. The van der Waals surface area contributed by atoms with Crippen LogP contribution in [0.1, 0.15) is 37.8 Å². The van der Waals surface area contributed by atoms with Gasteiger partial charge in [-0.25, -0.2) is 0 Å². The number of halogens is 2. The van der Waals surface area contributed by atoms with E-state index in [1.807, 2.05) is 6.07 Å².